The maximum Gasteiger partial charge on any atom is 0.159 e. The minimum atomic E-state index is 0.0160. The lowest BCUT2D eigenvalue weighted by Gasteiger charge is -2.02. The lowest BCUT2D eigenvalue weighted by atomic mass is 10.1. The standard InChI is InChI=1S/C20H14ClN3OS/c1-13(25)14-4-8-18(9-5-14)23-11-16(10-22)20-24-19(12-26-20)15-2-6-17(21)7-3-15/h2-9,11-12,23H,1H3. The molecule has 0 atom stereocenters. The Bertz CT molecular complexity index is 999. The second-order valence-electron chi connectivity index (χ2n) is 5.49. The number of carbonyl (C=O) groups excluding carboxylic acids is 1. The summed E-state index contributed by atoms with van der Waals surface area (Å²) in [5.41, 5.74) is 3.62. The predicted octanol–water partition coefficient (Wildman–Crippen LogP) is 5.64. The van der Waals surface area contributed by atoms with Gasteiger partial charge >= 0.3 is 0 Å². The van der Waals surface area contributed by atoms with Crippen molar-refractivity contribution in [1.29, 1.82) is 5.26 Å². The van der Waals surface area contributed by atoms with E-state index in [1.54, 1.807) is 30.5 Å². The highest BCUT2D eigenvalue weighted by atomic mass is 35.5. The number of benzene rings is 2. The molecule has 128 valence electrons. The summed E-state index contributed by atoms with van der Waals surface area (Å²) in [5, 5.41) is 15.7. The molecule has 0 saturated carbocycles. The molecule has 0 aliphatic heterocycles. The molecular formula is C20H14ClN3OS. The molecule has 2 aromatic carbocycles. The first-order chi connectivity index (χ1) is 12.6. The summed E-state index contributed by atoms with van der Waals surface area (Å²) < 4.78 is 0. The van der Waals surface area contributed by atoms with E-state index < -0.39 is 0 Å². The Kier molecular flexibility index (Phi) is 5.47. The molecule has 6 heteroatoms. The van der Waals surface area contributed by atoms with Crippen molar-refractivity contribution in [1.82, 2.24) is 4.98 Å². The third-order valence-electron chi connectivity index (χ3n) is 3.67. The Morgan fingerprint density at radius 1 is 1.19 bits per heavy atom. The van der Waals surface area contributed by atoms with Gasteiger partial charge in [-0.05, 0) is 43.3 Å². The Labute approximate surface area is 160 Å². The molecule has 0 aliphatic rings. The van der Waals surface area contributed by atoms with Gasteiger partial charge in [-0.15, -0.1) is 11.3 Å². The van der Waals surface area contributed by atoms with Crippen molar-refractivity contribution < 1.29 is 4.79 Å². The highest BCUT2D eigenvalue weighted by Crippen LogP contribution is 2.27. The molecule has 0 unspecified atom stereocenters. The molecular weight excluding hydrogens is 366 g/mol. The fourth-order valence-corrected chi connectivity index (χ4v) is 3.17. The first-order valence-electron chi connectivity index (χ1n) is 7.76. The molecule has 3 aromatic rings. The summed E-state index contributed by atoms with van der Waals surface area (Å²) in [6.07, 6.45) is 1.62. The van der Waals surface area contributed by atoms with E-state index in [4.69, 9.17) is 11.6 Å². The molecule has 3 rings (SSSR count). The van der Waals surface area contributed by atoms with Gasteiger partial charge in [-0.2, -0.15) is 5.26 Å². The van der Waals surface area contributed by atoms with Crippen LogP contribution in [0.2, 0.25) is 5.02 Å². The first-order valence-corrected chi connectivity index (χ1v) is 9.02. The molecule has 0 aliphatic carbocycles. The topological polar surface area (TPSA) is 65.8 Å². The van der Waals surface area contributed by atoms with E-state index in [9.17, 15) is 10.1 Å². The number of aromatic nitrogens is 1. The molecule has 1 heterocycles. The Morgan fingerprint density at radius 3 is 2.50 bits per heavy atom. The van der Waals surface area contributed by atoms with Crippen LogP contribution in [0.25, 0.3) is 16.8 Å². The molecule has 0 fully saturated rings. The zero-order valence-corrected chi connectivity index (χ0v) is 15.4. The van der Waals surface area contributed by atoms with Gasteiger partial charge in [-0.1, -0.05) is 23.7 Å². The number of anilines is 1. The first kappa shape index (κ1) is 17.9. The van der Waals surface area contributed by atoms with Crippen LogP contribution in [0.1, 0.15) is 22.3 Å². The zero-order chi connectivity index (χ0) is 18.5. The van der Waals surface area contributed by atoms with Crippen molar-refractivity contribution in [3.05, 3.63) is 75.7 Å². The Balaban J connectivity index is 1.78. The van der Waals surface area contributed by atoms with Crippen molar-refractivity contribution in [2.45, 2.75) is 6.92 Å². The van der Waals surface area contributed by atoms with Crippen LogP contribution in [-0.2, 0) is 0 Å². The maximum atomic E-state index is 11.3. The molecule has 0 amide bonds. The van der Waals surface area contributed by atoms with E-state index >= 15 is 0 Å². The number of nitriles is 1. The lowest BCUT2D eigenvalue weighted by molar-refractivity contribution is 0.101. The molecule has 0 radical (unpaired) electrons. The second-order valence-corrected chi connectivity index (χ2v) is 6.79. The summed E-state index contributed by atoms with van der Waals surface area (Å²) in [4.78, 5) is 15.8. The van der Waals surface area contributed by atoms with E-state index in [1.807, 2.05) is 29.6 Å². The van der Waals surface area contributed by atoms with Gasteiger partial charge in [-0.25, -0.2) is 4.98 Å². The van der Waals surface area contributed by atoms with Crippen molar-refractivity contribution >= 4 is 40.0 Å². The van der Waals surface area contributed by atoms with Gasteiger partial charge in [0, 0.05) is 33.4 Å². The molecule has 1 aromatic heterocycles. The van der Waals surface area contributed by atoms with E-state index in [-0.39, 0.29) is 5.78 Å². The van der Waals surface area contributed by atoms with Crippen LogP contribution < -0.4 is 5.32 Å². The minimum Gasteiger partial charge on any atom is -0.360 e. The van der Waals surface area contributed by atoms with Gasteiger partial charge in [0.1, 0.15) is 16.6 Å². The van der Waals surface area contributed by atoms with E-state index in [0.29, 0.717) is 21.2 Å². The summed E-state index contributed by atoms with van der Waals surface area (Å²) in [6, 6.07) is 16.6. The third kappa shape index (κ3) is 4.17. The number of hydrogen-bond donors (Lipinski definition) is 1. The average Bonchev–Trinajstić information content (AvgIpc) is 3.13. The molecule has 0 saturated heterocycles. The van der Waals surface area contributed by atoms with Crippen LogP contribution >= 0.6 is 22.9 Å². The van der Waals surface area contributed by atoms with Gasteiger partial charge in [0.15, 0.2) is 5.78 Å². The summed E-state index contributed by atoms with van der Waals surface area (Å²) in [7, 11) is 0. The quantitative estimate of drug-likeness (QED) is 0.460. The lowest BCUT2D eigenvalue weighted by Crippen LogP contribution is -1.94. The SMILES string of the molecule is CC(=O)c1ccc(NC=C(C#N)c2nc(-c3ccc(Cl)cc3)cs2)cc1. The number of hydrogen-bond acceptors (Lipinski definition) is 5. The van der Waals surface area contributed by atoms with Crippen molar-refractivity contribution in [2.24, 2.45) is 0 Å². The van der Waals surface area contributed by atoms with Gasteiger partial charge < -0.3 is 5.32 Å². The smallest absolute Gasteiger partial charge is 0.159 e. The Morgan fingerprint density at radius 2 is 1.88 bits per heavy atom. The molecule has 26 heavy (non-hydrogen) atoms. The van der Waals surface area contributed by atoms with Crippen molar-refractivity contribution in [2.75, 3.05) is 5.32 Å². The third-order valence-corrected chi connectivity index (χ3v) is 4.80. The number of allylic oxidation sites excluding steroid dienone is 1. The normalized spacial score (nSPS) is 11.0. The van der Waals surface area contributed by atoms with Gasteiger partial charge in [0.2, 0.25) is 0 Å². The predicted molar refractivity (Wildman–Crippen MR) is 106 cm³/mol. The molecule has 4 nitrogen and oxygen atoms in total. The van der Waals surface area contributed by atoms with E-state index in [0.717, 1.165) is 16.9 Å². The Hall–Kier alpha value is -2.94. The highest BCUT2D eigenvalue weighted by molar-refractivity contribution is 7.11. The number of nitrogens with one attached hydrogen (secondary N) is 1. The number of carbonyl (C=O) groups is 1. The zero-order valence-electron chi connectivity index (χ0n) is 13.9. The largest absolute Gasteiger partial charge is 0.360 e. The molecule has 0 spiro atoms. The van der Waals surface area contributed by atoms with Crippen LogP contribution in [0, 0.1) is 11.3 Å². The number of Topliss-reactive ketones (excluding diaryl/α,β-unsaturated/α-hetero) is 1. The molecule has 0 bridgehead atoms. The number of thiazole rings is 1. The molecule has 1 N–H and O–H groups in total. The van der Waals surface area contributed by atoms with Gasteiger partial charge in [0.25, 0.3) is 0 Å². The van der Waals surface area contributed by atoms with Crippen molar-refractivity contribution in [3.63, 3.8) is 0 Å². The summed E-state index contributed by atoms with van der Waals surface area (Å²) in [5.74, 6) is 0.0160. The average molecular weight is 380 g/mol. The number of nitrogens with zero attached hydrogens (tertiary/aromatic N) is 2. The van der Waals surface area contributed by atoms with Crippen LogP contribution in [0.4, 0.5) is 5.69 Å². The van der Waals surface area contributed by atoms with E-state index in [1.165, 1.54) is 18.3 Å². The van der Waals surface area contributed by atoms with Crippen LogP contribution in [-0.4, -0.2) is 10.8 Å². The number of halogens is 1. The van der Waals surface area contributed by atoms with Crippen LogP contribution in [0.3, 0.4) is 0 Å². The maximum absolute atomic E-state index is 11.3. The van der Waals surface area contributed by atoms with Crippen molar-refractivity contribution in [3.8, 4) is 17.3 Å². The second kappa shape index (κ2) is 7.96. The number of ketones is 1. The van der Waals surface area contributed by atoms with Crippen LogP contribution in [0.15, 0.2) is 60.1 Å². The van der Waals surface area contributed by atoms with Crippen LogP contribution in [0.5, 0.6) is 0 Å². The highest BCUT2D eigenvalue weighted by Gasteiger charge is 2.09. The van der Waals surface area contributed by atoms with Gasteiger partial charge in [-0.3, -0.25) is 4.79 Å². The summed E-state index contributed by atoms with van der Waals surface area (Å²) in [6.45, 7) is 1.52. The fraction of sp³-hybridized carbons (Fsp3) is 0.0500. The minimum absolute atomic E-state index is 0.0160. The van der Waals surface area contributed by atoms with Gasteiger partial charge in [0.05, 0.1) is 5.69 Å². The number of rotatable bonds is 5. The summed E-state index contributed by atoms with van der Waals surface area (Å²) >= 11 is 7.31. The fourth-order valence-electron chi connectivity index (χ4n) is 2.25. The van der Waals surface area contributed by atoms with E-state index in [2.05, 4.69) is 16.4 Å². The monoisotopic (exact) mass is 379 g/mol.